The van der Waals surface area contributed by atoms with Gasteiger partial charge in [0, 0.05) is 18.3 Å². The van der Waals surface area contributed by atoms with E-state index >= 15 is 0 Å². The molecule has 31 heavy (non-hydrogen) atoms. The Bertz CT molecular complexity index is 1090. The fraction of sp³-hybridized carbons (Fsp3) is 0.333. The van der Waals surface area contributed by atoms with Gasteiger partial charge in [0.2, 0.25) is 0 Å². The lowest BCUT2D eigenvalue weighted by molar-refractivity contribution is 0.0935. The third-order valence-electron chi connectivity index (χ3n) is 4.68. The molecule has 0 radical (unpaired) electrons. The smallest absolute Gasteiger partial charge is 0.270 e. The highest BCUT2D eigenvalue weighted by atomic mass is 19.1. The van der Waals surface area contributed by atoms with Crippen LogP contribution in [0, 0.1) is 18.6 Å². The second-order valence-corrected chi connectivity index (χ2v) is 7.54. The number of hydrogen-bond acceptors (Lipinski definition) is 4. The maximum Gasteiger partial charge on any atom is 0.270 e. The minimum atomic E-state index is -1.24. The Morgan fingerprint density at radius 3 is 2.58 bits per heavy atom. The molecular weight excluding hydrogens is 416 g/mol. The molecule has 0 spiro atoms. The van der Waals surface area contributed by atoms with Gasteiger partial charge in [-0.3, -0.25) is 9.20 Å². The van der Waals surface area contributed by atoms with Crippen molar-refractivity contribution in [3.8, 4) is 5.75 Å². The lowest BCUT2D eigenvalue weighted by atomic mass is 10.1. The molecule has 1 amide bonds. The average Bonchev–Trinajstić information content (AvgIpc) is 3.07. The van der Waals surface area contributed by atoms with E-state index in [4.69, 9.17) is 10.5 Å². The van der Waals surface area contributed by atoms with E-state index in [1.165, 1.54) is 29.7 Å². The second-order valence-electron chi connectivity index (χ2n) is 7.54. The molecule has 0 bridgehead atoms. The van der Waals surface area contributed by atoms with E-state index in [0.29, 0.717) is 5.69 Å². The molecule has 6 nitrogen and oxygen atoms in total. The minimum absolute atomic E-state index is 0.0485. The van der Waals surface area contributed by atoms with E-state index in [1.807, 2.05) is 0 Å². The number of hydrogen-bond donors (Lipinski definition) is 2. The SMILES string of the molecule is Cc1nc2c(OCc3c(F)cccc3F)cc(CF)cn2c1C(=O)NCC(C)(N)CF. The summed E-state index contributed by atoms with van der Waals surface area (Å²) in [4.78, 5) is 17.0. The van der Waals surface area contributed by atoms with Crippen LogP contribution in [-0.2, 0) is 13.3 Å². The summed E-state index contributed by atoms with van der Waals surface area (Å²) in [5, 5.41) is 2.54. The van der Waals surface area contributed by atoms with Crippen LogP contribution in [0.5, 0.6) is 5.75 Å². The van der Waals surface area contributed by atoms with Gasteiger partial charge in [0.1, 0.15) is 37.3 Å². The summed E-state index contributed by atoms with van der Waals surface area (Å²) in [6.45, 7) is 0.711. The van der Waals surface area contributed by atoms with Crippen LogP contribution < -0.4 is 15.8 Å². The number of nitrogens with one attached hydrogen (secondary N) is 1. The number of fused-ring (bicyclic) bond motifs is 1. The molecule has 10 heteroatoms. The number of carbonyl (C=O) groups is 1. The number of benzene rings is 1. The summed E-state index contributed by atoms with van der Waals surface area (Å²) in [6.07, 6.45) is 1.37. The average molecular weight is 438 g/mol. The number of nitrogens with zero attached hydrogens (tertiary/aromatic N) is 2. The molecule has 0 aliphatic carbocycles. The van der Waals surface area contributed by atoms with Gasteiger partial charge in [-0.2, -0.15) is 0 Å². The van der Waals surface area contributed by atoms with Crippen molar-refractivity contribution in [2.24, 2.45) is 5.73 Å². The van der Waals surface area contributed by atoms with Crippen LogP contribution in [0.3, 0.4) is 0 Å². The van der Waals surface area contributed by atoms with Gasteiger partial charge >= 0.3 is 0 Å². The number of nitrogens with two attached hydrogens (primary N) is 1. The highest BCUT2D eigenvalue weighted by Gasteiger charge is 2.24. The number of aryl methyl sites for hydroxylation is 1. The van der Waals surface area contributed by atoms with Crippen molar-refractivity contribution in [2.45, 2.75) is 32.7 Å². The Hall–Kier alpha value is -3.14. The van der Waals surface area contributed by atoms with Crippen LogP contribution in [0.15, 0.2) is 30.5 Å². The van der Waals surface area contributed by atoms with Crippen LogP contribution in [0.2, 0.25) is 0 Å². The molecule has 0 fully saturated rings. The van der Waals surface area contributed by atoms with E-state index < -0.39 is 43.0 Å². The Morgan fingerprint density at radius 1 is 1.29 bits per heavy atom. The van der Waals surface area contributed by atoms with Crippen LogP contribution >= 0.6 is 0 Å². The lowest BCUT2D eigenvalue weighted by Gasteiger charge is -2.20. The first-order chi connectivity index (χ1) is 14.7. The fourth-order valence-electron chi connectivity index (χ4n) is 2.97. The van der Waals surface area contributed by atoms with Gasteiger partial charge in [-0.15, -0.1) is 0 Å². The zero-order valence-electron chi connectivity index (χ0n) is 17.0. The van der Waals surface area contributed by atoms with Crippen molar-refractivity contribution in [1.29, 1.82) is 0 Å². The van der Waals surface area contributed by atoms with E-state index in [0.717, 1.165) is 12.1 Å². The van der Waals surface area contributed by atoms with Crippen molar-refractivity contribution in [3.05, 3.63) is 64.6 Å². The predicted molar refractivity (Wildman–Crippen MR) is 106 cm³/mol. The first kappa shape index (κ1) is 22.5. The number of imidazole rings is 1. The molecule has 0 aliphatic rings. The molecule has 0 saturated heterocycles. The summed E-state index contributed by atoms with van der Waals surface area (Å²) in [5.41, 5.74) is 4.89. The number of rotatable bonds is 8. The van der Waals surface area contributed by atoms with Gasteiger partial charge < -0.3 is 15.8 Å². The van der Waals surface area contributed by atoms with Crippen LogP contribution in [-0.4, -0.2) is 34.1 Å². The number of halogens is 4. The maximum atomic E-state index is 13.9. The van der Waals surface area contributed by atoms with Gasteiger partial charge in [-0.25, -0.2) is 22.5 Å². The molecule has 3 rings (SSSR count). The predicted octanol–water partition coefficient (Wildman–Crippen LogP) is 3.39. The van der Waals surface area contributed by atoms with Crippen LogP contribution in [0.1, 0.15) is 34.2 Å². The quantitative estimate of drug-likeness (QED) is 0.529. The highest BCUT2D eigenvalue weighted by molar-refractivity contribution is 5.95. The molecule has 0 saturated carbocycles. The van der Waals surface area contributed by atoms with Gasteiger partial charge in [0.15, 0.2) is 11.4 Å². The zero-order valence-corrected chi connectivity index (χ0v) is 17.0. The standard InChI is InChI=1S/C21H22F4N4O2/c1-12-18(20(30)27-11-21(2,26)10-23)29-8-13(7-22)6-17(19(29)28-12)31-9-14-15(24)4-3-5-16(14)25/h3-6,8H,7,9-11,26H2,1-2H3,(H,27,30). The van der Waals surface area contributed by atoms with Crippen molar-refractivity contribution in [1.82, 2.24) is 14.7 Å². The number of ether oxygens (including phenoxy) is 1. The summed E-state index contributed by atoms with van der Waals surface area (Å²) >= 11 is 0. The first-order valence-corrected chi connectivity index (χ1v) is 9.43. The van der Waals surface area contributed by atoms with Crippen molar-refractivity contribution in [2.75, 3.05) is 13.2 Å². The summed E-state index contributed by atoms with van der Waals surface area (Å²) in [5.74, 6) is -2.10. The van der Waals surface area contributed by atoms with E-state index in [9.17, 15) is 22.4 Å². The van der Waals surface area contributed by atoms with Gasteiger partial charge in [0.05, 0.1) is 16.8 Å². The summed E-state index contributed by atoms with van der Waals surface area (Å²) < 4.78 is 61.1. The fourth-order valence-corrected chi connectivity index (χ4v) is 2.97. The topological polar surface area (TPSA) is 81.7 Å². The molecule has 3 aromatic rings. The van der Waals surface area contributed by atoms with Crippen LogP contribution in [0.25, 0.3) is 5.65 Å². The number of pyridine rings is 1. The Morgan fingerprint density at radius 2 is 1.97 bits per heavy atom. The Labute approximate surface area is 176 Å². The third kappa shape index (κ3) is 4.79. The largest absolute Gasteiger partial charge is 0.485 e. The Kier molecular flexibility index (Phi) is 6.49. The van der Waals surface area contributed by atoms with Gasteiger partial charge in [0.25, 0.3) is 5.91 Å². The molecule has 1 aromatic carbocycles. The number of aromatic nitrogens is 2. The number of alkyl halides is 2. The maximum absolute atomic E-state index is 13.9. The third-order valence-corrected chi connectivity index (χ3v) is 4.68. The first-order valence-electron chi connectivity index (χ1n) is 9.43. The molecule has 2 aromatic heterocycles. The molecular formula is C21H22F4N4O2. The van der Waals surface area contributed by atoms with Crippen molar-refractivity contribution < 1.29 is 27.1 Å². The van der Waals surface area contributed by atoms with E-state index in [2.05, 4.69) is 10.3 Å². The van der Waals surface area contributed by atoms with Gasteiger partial charge in [-0.1, -0.05) is 6.07 Å². The molecule has 166 valence electrons. The molecule has 1 atom stereocenters. The molecule has 2 heterocycles. The van der Waals surface area contributed by atoms with Crippen molar-refractivity contribution in [3.63, 3.8) is 0 Å². The minimum Gasteiger partial charge on any atom is -0.485 e. The second kappa shape index (κ2) is 8.93. The monoisotopic (exact) mass is 438 g/mol. The van der Waals surface area contributed by atoms with E-state index in [1.54, 1.807) is 6.92 Å². The molecule has 1 unspecified atom stereocenters. The zero-order chi connectivity index (χ0) is 22.8. The molecule has 0 aliphatic heterocycles. The number of amides is 1. The normalized spacial score (nSPS) is 13.3. The van der Waals surface area contributed by atoms with Crippen LogP contribution in [0.4, 0.5) is 17.6 Å². The highest BCUT2D eigenvalue weighted by Crippen LogP contribution is 2.26. The summed E-state index contributed by atoms with van der Waals surface area (Å²) in [7, 11) is 0. The lowest BCUT2D eigenvalue weighted by Crippen LogP contribution is -2.49. The van der Waals surface area contributed by atoms with Gasteiger partial charge in [-0.05, 0) is 32.0 Å². The van der Waals surface area contributed by atoms with Crippen molar-refractivity contribution >= 4 is 11.6 Å². The number of carbonyl (C=O) groups excluding carboxylic acids is 1. The Balaban J connectivity index is 1.97. The summed E-state index contributed by atoms with van der Waals surface area (Å²) in [6, 6.07) is 4.77. The molecule has 3 N–H and O–H groups in total. The van der Waals surface area contributed by atoms with E-state index in [-0.39, 0.29) is 34.8 Å².